The third-order valence-electron chi connectivity index (χ3n) is 2.58. The van der Waals surface area contributed by atoms with Crippen LogP contribution < -0.4 is 5.32 Å². The fourth-order valence-corrected chi connectivity index (χ4v) is 2.16. The molecular formula is C11H12BrF2N5. The lowest BCUT2D eigenvalue weighted by Gasteiger charge is -2.13. The first-order valence-electron chi connectivity index (χ1n) is 5.71. The first-order valence-corrected chi connectivity index (χ1v) is 6.50. The highest BCUT2D eigenvalue weighted by atomic mass is 79.9. The van der Waals surface area contributed by atoms with E-state index in [2.05, 4.69) is 36.8 Å². The van der Waals surface area contributed by atoms with Crippen molar-refractivity contribution in [1.29, 1.82) is 0 Å². The van der Waals surface area contributed by atoms with Gasteiger partial charge in [-0.1, -0.05) is 22.9 Å². The number of rotatable bonds is 4. The van der Waals surface area contributed by atoms with Gasteiger partial charge in [0, 0.05) is 4.47 Å². The predicted octanol–water partition coefficient (Wildman–Crippen LogP) is 2.37. The molecule has 1 atom stereocenters. The first kappa shape index (κ1) is 14.0. The molecule has 1 unspecified atom stereocenters. The van der Waals surface area contributed by atoms with Crippen LogP contribution in [0.2, 0.25) is 0 Å². The Balaban J connectivity index is 2.52. The number of nitrogens with one attached hydrogen (secondary N) is 1. The molecule has 0 fully saturated rings. The van der Waals surface area contributed by atoms with Crippen LogP contribution in [0.1, 0.15) is 25.7 Å². The van der Waals surface area contributed by atoms with Crippen molar-refractivity contribution in [2.24, 2.45) is 0 Å². The van der Waals surface area contributed by atoms with Crippen LogP contribution in [0.5, 0.6) is 0 Å². The van der Waals surface area contributed by atoms with E-state index >= 15 is 0 Å². The summed E-state index contributed by atoms with van der Waals surface area (Å²) in [7, 11) is 0. The Morgan fingerprint density at radius 2 is 2.00 bits per heavy atom. The molecule has 0 radical (unpaired) electrons. The van der Waals surface area contributed by atoms with Crippen LogP contribution in [0.4, 0.5) is 8.78 Å². The molecule has 0 saturated heterocycles. The summed E-state index contributed by atoms with van der Waals surface area (Å²) < 4.78 is 29.2. The van der Waals surface area contributed by atoms with E-state index in [1.54, 1.807) is 0 Å². The second-order valence-electron chi connectivity index (χ2n) is 3.95. The fourth-order valence-electron chi connectivity index (χ4n) is 1.76. The molecule has 0 saturated carbocycles. The molecule has 19 heavy (non-hydrogen) atoms. The van der Waals surface area contributed by atoms with E-state index in [9.17, 15) is 8.78 Å². The highest BCUT2D eigenvalue weighted by molar-refractivity contribution is 9.10. The summed E-state index contributed by atoms with van der Waals surface area (Å²) in [4.78, 5) is 0. The molecule has 0 aliphatic carbocycles. The highest BCUT2D eigenvalue weighted by Crippen LogP contribution is 2.24. The molecule has 1 aromatic carbocycles. The predicted molar refractivity (Wildman–Crippen MR) is 68.9 cm³/mol. The standard InChI is InChI=1S/C11H12BrF2N5/c1-3-15-6(2)11-16-17-18-19(11)10-8(13)4-7(12)5-9(10)14/h4-6,15H,3H2,1-2H3. The van der Waals surface area contributed by atoms with Crippen molar-refractivity contribution >= 4 is 15.9 Å². The van der Waals surface area contributed by atoms with Crippen molar-refractivity contribution in [3.05, 3.63) is 34.1 Å². The van der Waals surface area contributed by atoms with Gasteiger partial charge in [0.1, 0.15) is 5.69 Å². The molecule has 8 heteroatoms. The summed E-state index contributed by atoms with van der Waals surface area (Å²) in [6.07, 6.45) is 0. The van der Waals surface area contributed by atoms with E-state index in [0.29, 0.717) is 16.8 Å². The lowest BCUT2D eigenvalue weighted by Crippen LogP contribution is -2.22. The minimum absolute atomic E-state index is 0.220. The van der Waals surface area contributed by atoms with Crippen LogP contribution in [0.15, 0.2) is 16.6 Å². The quantitative estimate of drug-likeness (QED) is 0.934. The number of tetrazole rings is 1. The smallest absolute Gasteiger partial charge is 0.173 e. The zero-order valence-electron chi connectivity index (χ0n) is 10.4. The minimum Gasteiger partial charge on any atom is -0.308 e. The Labute approximate surface area is 117 Å². The zero-order valence-corrected chi connectivity index (χ0v) is 11.9. The van der Waals surface area contributed by atoms with Gasteiger partial charge < -0.3 is 5.32 Å². The maximum Gasteiger partial charge on any atom is 0.173 e. The maximum absolute atomic E-state index is 13.9. The van der Waals surface area contributed by atoms with Gasteiger partial charge in [-0.15, -0.1) is 5.10 Å². The minimum atomic E-state index is -0.732. The molecule has 1 aromatic heterocycles. The van der Waals surface area contributed by atoms with Gasteiger partial charge in [0.05, 0.1) is 6.04 Å². The third-order valence-corrected chi connectivity index (χ3v) is 3.04. The van der Waals surface area contributed by atoms with Crippen molar-refractivity contribution in [3.63, 3.8) is 0 Å². The van der Waals surface area contributed by atoms with Crippen LogP contribution >= 0.6 is 15.9 Å². The van der Waals surface area contributed by atoms with Crippen molar-refractivity contribution < 1.29 is 8.78 Å². The monoisotopic (exact) mass is 331 g/mol. The Hall–Kier alpha value is -1.41. The summed E-state index contributed by atoms with van der Waals surface area (Å²) in [5.74, 6) is -1.12. The SMILES string of the molecule is CCNC(C)c1nnnn1-c1c(F)cc(Br)cc1F. The molecule has 0 spiro atoms. The molecule has 0 aliphatic heterocycles. The number of halogens is 3. The molecule has 2 aromatic rings. The average molecular weight is 332 g/mol. The summed E-state index contributed by atoms with van der Waals surface area (Å²) in [5.41, 5.74) is -0.284. The summed E-state index contributed by atoms with van der Waals surface area (Å²) in [5, 5.41) is 14.0. The lowest BCUT2D eigenvalue weighted by molar-refractivity contribution is 0.520. The first-order chi connectivity index (χ1) is 9.04. The van der Waals surface area contributed by atoms with Crippen LogP contribution in [0.3, 0.4) is 0 Å². The largest absolute Gasteiger partial charge is 0.308 e. The molecule has 0 aliphatic rings. The van der Waals surface area contributed by atoms with Crippen molar-refractivity contribution in [2.45, 2.75) is 19.9 Å². The summed E-state index contributed by atoms with van der Waals surface area (Å²) in [6, 6.07) is 2.12. The van der Waals surface area contributed by atoms with Crippen molar-refractivity contribution in [3.8, 4) is 5.69 Å². The van der Waals surface area contributed by atoms with Crippen LogP contribution in [-0.2, 0) is 0 Å². The fraction of sp³-hybridized carbons (Fsp3) is 0.364. The molecular weight excluding hydrogens is 320 g/mol. The van der Waals surface area contributed by atoms with E-state index in [4.69, 9.17) is 0 Å². The molecule has 0 amide bonds. The molecule has 0 bridgehead atoms. The number of hydrogen-bond acceptors (Lipinski definition) is 4. The Kier molecular flexibility index (Phi) is 4.20. The maximum atomic E-state index is 13.9. The van der Waals surface area contributed by atoms with Gasteiger partial charge in [0.15, 0.2) is 17.5 Å². The Morgan fingerprint density at radius 1 is 1.37 bits per heavy atom. The molecule has 1 heterocycles. The summed E-state index contributed by atoms with van der Waals surface area (Å²) in [6.45, 7) is 4.44. The molecule has 102 valence electrons. The van der Waals surface area contributed by atoms with Gasteiger partial charge in [0.2, 0.25) is 0 Å². The topological polar surface area (TPSA) is 55.6 Å². The third kappa shape index (κ3) is 2.79. The van der Waals surface area contributed by atoms with Gasteiger partial charge in [-0.3, -0.25) is 0 Å². The van der Waals surface area contributed by atoms with Crippen LogP contribution in [0.25, 0.3) is 5.69 Å². The molecule has 5 nitrogen and oxygen atoms in total. The second kappa shape index (κ2) is 5.70. The average Bonchev–Trinajstić information content (AvgIpc) is 2.77. The number of nitrogens with zero attached hydrogens (tertiary/aromatic N) is 4. The number of benzene rings is 1. The van der Waals surface area contributed by atoms with Crippen molar-refractivity contribution in [1.82, 2.24) is 25.5 Å². The summed E-state index contributed by atoms with van der Waals surface area (Å²) >= 11 is 3.03. The van der Waals surface area contributed by atoms with Crippen molar-refractivity contribution in [2.75, 3.05) is 6.54 Å². The van der Waals surface area contributed by atoms with Gasteiger partial charge in [-0.25, -0.2) is 8.78 Å². The van der Waals surface area contributed by atoms with Gasteiger partial charge >= 0.3 is 0 Å². The van der Waals surface area contributed by atoms with E-state index in [1.165, 1.54) is 12.1 Å². The second-order valence-corrected chi connectivity index (χ2v) is 4.86. The van der Waals surface area contributed by atoms with E-state index in [1.807, 2.05) is 13.8 Å². The van der Waals surface area contributed by atoms with Gasteiger partial charge in [0.25, 0.3) is 0 Å². The Bertz CT molecular complexity index is 563. The van der Waals surface area contributed by atoms with Gasteiger partial charge in [-0.2, -0.15) is 4.68 Å². The number of aromatic nitrogens is 4. The Morgan fingerprint density at radius 3 is 2.58 bits per heavy atom. The van der Waals surface area contributed by atoms with Crippen LogP contribution in [-0.4, -0.2) is 26.8 Å². The highest BCUT2D eigenvalue weighted by Gasteiger charge is 2.21. The lowest BCUT2D eigenvalue weighted by atomic mass is 10.2. The van der Waals surface area contributed by atoms with E-state index in [0.717, 1.165) is 4.68 Å². The molecule has 1 N–H and O–H groups in total. The van der Waals surface area contributed by atoms with Gasteiger partial charge in [-0.05, 0) is 36.0 Å². The number of hydrogen-bond donors (Lipinski definition) is 1. The van der Waals surface area contributed by atoms with E-state index < -0.39 is 11.6 Å². The van der Waals surface area contributed by atoms with E-state index in [-0.39, 0.29) is 11.7 Å². The normalized spacial score (nSPS) is 12.7. The zero-order chi connectivity index (χ0) is 14.0. The molecule has 2 rings (SSSR count). The van der Waals surface area contributed by atoms with Crippen LogP contribution in [0, 0.1) is 11.6 Å².